The fourth-order valence-corrected chi connectivity index (χ4v) is 3.09. The van der Waals surface area contributed by atoms with Crippen molar-refractivity contribution in [1.29, 1.82) is 0 Å². The summed E-state index contributed by atoms with van der Waals surface area (Å²) in [6.07, 6.45) is 3.26. The number of carbonyl (C=O) groups is 1. The molecule has 28 heavy (non-hydrogen) atoms. The van der Waals surface area contributed by atoms with Crippen molar-refractivity contribution < 1.29 is 14.3 Å². The number of hydrogen-bond acceptors (Lipinski definition) is 6. The Morgan fingerprint density at radius 3 is 2.68 bits per heavy atom. The van der Waals surface area contributed by atoms with E-state index in [1.807, 2.05) is 38.1 Å². The molecule has 1 unspecified atom stereocenters. The first kappa shape index (κ1) is 19.9. The van der Waals surface area contributed by atoms with Crippen LogP contribution in [0.3, 0.4) is 0 Å². The molecule has 7 nitrogen and oxygen atoms in total. The molecule has 0 spiro atoms. The highest BCUT2D eigenvalue weighted by molar-refractivity contribution is 5.92. The van der Waals surface area contributed by atoms with Gasteiger partial charge in [-0.05, 0) is 43.4 Å². The van der Waals surface area contributed by atoms with Crippen LogP contribution in [0.4, 0.5) is 5.95 Å². The standard InChI is InChI=1S/C21H28N4O3/c1-5-11-28-20(26)18-15(4)24-21-22-13-23-25(21)19(18)16-6-8-17(9-7-16)27-12-10-14(2)3/h6-9,13-14,19H,5,10-12H2,1-4H3,(H,22,23,24). The monoisotopic (exact) mass is 384 g/mol. The molecule has 1 aromatic heterocycles. The second-order valence-corrected chi connectivity index (χ2v) is 7.33. The van der Waals surface area contributed by atoms with E-state index in [4.69, 9.17) is 9.47 Å². The lowest BCUT2D eigenvalue weighted by atomic mass is 9.96. The average Bonchev–Trinajstić information content (AvgIpc) is 3.13. The van der Waals surface area contributed by atoms with E-state index in [9.17, 15) is 4.79 Å². The molecule has 2 aromatic rings. The summed E-state index contributed by atoms with van der Waals surface area (Å²) in [6.45, 7) is 9.25. The normalized spacial score (nSPS) is 16.0. The Morgan fingerprint density at radius 1 is 1.25 bits per heavy atom. The molecule has 0 aliphatic carbocycles. The number of aromatic nitrogens is 3. The molecule has 0 bridgehead atoms. The van der Waals surface area contributed by atoms with Gasteiger partial charge in [-0.25, -0.2) is 9.48 Å². The zero-order valence-electron chi connectivity index (χ0n) is 16.9. The molecule has 0 fully saturated rings. The first-order valence-corrected chi connectivity index (χ1v) is 9.78. The number of esters is 1. The predicted octanol–water partition coefficient (Wildman–Crippen LogP) is 3.95. The number of rotatable bonds is 8. The van der Waals surface area contributed by atoms with Gasteiger partial charge in [0.2, 0.25) is 5.95 Å². The molecular weight excluding hydrogens is 356 g/mol. The maximum Gasteiger partial charge on any atom is 0.338 e. The lowest BCUT2D eigenvalue weighted by Crippen LogP contribution is -2.29. The molecule has 7 heteroatoms. The van der Waals surface area contributed by atoms with Gasteiger partial charge in [-0.2, -0.15) is 10.1 Å². The highest BCUT2D eigenvalue weighted by Crippen LogP contribution is 2.35. The summed E-state index contributed by atoms with van der Waals surface area (Å²) in [4.78, 5) is 17.0. The maximum absolute atomic E-state index is 12.7. The number of ether oxygens (including phenoxy) is 2. The average molecular weight is 384 g/mol. The third-order valence-corrected chi connectivity index (χ3v) is 4.61. The van der Waals surface area contributed by atoms with Gasteiger partial charge in [-0.1, -0.05) is 32.9 Å². The SMILES string of the molecule is CCCOC(=O)C1=C(C)Nc2ncnn2C1c1ccc(OCCC(C)C)cc1. The number of hydrogen-bond donors (Lipinski definition) is 1. The van der Waals surface area contributed by atoms with Crippen LogP contribution in [0.25, 0.3) is 0 Å². The summed E-state index contributed by atoms with van der Waals surface area (Å²) in [7, 11) is 0. The minimum absolute atomic E-state index is 0.338. The van der Waals surface area contributed by atoms with Crippen molar-refractivity contribution in [3.63, 3.8) is 0 Å². The van der Waals surface area contributed by atoms with Crippen LogP contribution in [0.1, 0.15) is 52.1 Å². The summed E-state index contributed by atoms with van der Waals surface area (Å²) < 4.78 is 12.9. The number of nitrogens with zero attached hydrogens (tertiary/aromatic N) is 3. The molecule has 1 aliphatic rings. The molecule has 150 valence electrons. The molecule has 0 saturated heterocycles. The van der Waals surface area contributed by atoms with E-state index in [1.54, 1.807) is 4.68 Å². The van der Waals surface area contributed by atoms with E-state index in [0.29, 0.717) is 30.7 Å². The van der Waals surface area contributed by atoms with E-state index in [0.717, 1.165) is 29.9 Å². The summed E-state index contributed by atoms with van der Waals surface area (Å²) in [6, 6.07) is 7.39. The van der Waals surface area contributed by atoms with Gasteiger partial charge >= 0.3 is 5.97 Å². The number of carbonyl (C=O) groups excluding carboxylic acids is 1. The predicted molar refractivity (Wildman–Crippen MR) is 107 cm³/mol. The van der Waals surface area contributed by atoms with Crippen LogP contribution in [0.15, 0.2) is 41.9 Å². The molecule has 1 N–H and O–H groups in total. The van der Waals surface area contributed by atoms with Crippen molar-refractivity contribution in [2.75, 3.05) is 18.5 Å². The Balaban J connectivity index is 1.87. The molecular formula is C21H28N4O3. The van der Waals surface area contributed by atoms with Crippen LogP contribution >= 0.6 is 0 Å². The summed E-state index contributed by atoms with van der Waals surface area (Å²) in [5.41, 5.74) is 2.19. The van der Waals surface area contributed by atoms with E-state index in [2.05, 4.69) is 29.2 Å². The van der Waals surface area contributed by atoms with Crippen molar-refractivity contribution in [3.8, 4) is 5.75 Å². The third kappa shape index (κ3) is 4.35. The Morgan fingerprint density at radius 2 is 2.00 bits per heavy atom. The van der Waals surface area contributed by atoms with Crippen LogP contribution in [0.2, 0.25) is 0 Å². The fourth-order valence-electron chi connectivity index (χ4n) is 3.09. The molecule has 0 radical (unpaired) electrons. The van der Waals surface area contributed by atoms with Gasteiger partial charge in [0.1, 0.15) is 18.1 Å². The second kappa shape index (κ2) is 8.91. The largest absolute Gasteiger partial charge is 0.494 e. The first-order chi connectivity index (χ1) is 13.5. The number of anilines is 1. The molecule has 3 rings (SSSR count). The van der Waals surface area contributed by atoms with Gasteiger partial charge < -0.3 is 14.8 Å². The van der Waals surface area contributed by atoms with Gasteiger partial charge in [0, 0.05) is 5.70 Å². The van der Waals surface area contributed by atoms with Crippen molar-refractivity contribution in [2.24, 2.45) is 5.92 Å². The third-order valence-electron chi connectivity index (χ3n) is 4.61. The zero-order valence-corrected chi connectivity index (χ0v) is 16.9. The summed E-state index contributed by atoms with van der Waals surface area (Å²) >= 11 is 0. The zero-order chi connectivity index (χ0) is 20.1. The van der Waals surface area contributed by atoms with Gasteiger partial charge in [-0.15, -0.1) is 0 Å². The van der Waals surface area contributed by atoms with E-state index < -0.39 is 6.04 Å². The first-order valence-electron chi connectivity index (χ1n) is 9.78. The Labute approximate surface area is 165 Å². The molecule has 1 atom stereocenters. The van der Waals surface area contributed by atoms with Crippen molar-refractivity contribution in [3.05, 3.63) is 47.4 Å². The second-order valence-electron chi connectivity index (χ2n) is 7.33. The number of allylic oxidation sites excluding steroid dienone is 1. The van der Waals surface area contributed by atoms with E-state index in [-0.39, 0.29) is 5.97 Å². The van der Waals surface area contributed by atoms with Crippen molar-refractivity contribution in [2.45, 2.75) is 46.6 Å². The minimum Gasteiger partial charge on any atom is -0.494 e. The Kier molecular flexibility index (Phi) is 6.34. The molecule has 1 aromatic carbocycles. The highest BCUT2D eigenvalue weighted by Gasteiger charge is 2.34. The molecule has 1 aliphatic heterocycles. The minimum atomic E-state index is -0.396. The molecule has 0 amide bonds. The lowest BCUT2D eigenvalue weighted by Gasteiger charge is -2.28. The number of benzene rings is 1. The van der Waals surface area contributed by atoms with Crippen LogP contribution in [0.5, 0.6) is 5.75 Å². The van der Waals surface area contributed by atoms with Gasteiger partial charge in [0.15, 0.2) is 0 Å². The van der Waals surface area contributed by atoms with Crippen LogP contribution in [-0.4, -0.2) is 33.9 Å². The van der Waals surface area contributed by atoms with Crippen LogP contribution < -0.4 is 10.1 Å². The molecule has 2 heterocycles. The summed E-state index contributed by atoms with van der Waals surface area (Å²) in [5.74, 6) is 1.68. The van der Waals surface area contributed by atoms with Crippen molar-refractivity contribution >= 4 is 11.9 Å². The van der Waals surface area contributed by atoms with Crippen LogP contribution in [0, 0.1) is 5.92 Å². The topological polar surface area (TPSA) is 78.3 Å². The van der Waals surface area contributed by atoms with Crippen LogP contribution in [-0.2, 0) is 9.53 Å². The lowest BCUT2D eigenvalue weighted by molar-refractivity contribution is -0.139. The Bertz CT molecular complexity index is 840. The van der Waals surface area contributed by atoms with E-state index >= 15 is 0 Å². The van der Waals surface area contributed by atoms with Gasteiger partial charge in [-0.3, -0.25) is 0 Å². The van der Waals surface area contributed by atoms with Gasteiger partial charge in [0.05, 0.1) is 18.8 Å². The fraction of sp³-hybridized carbons (Fsp3) is 0.476. The maximum atomic E-state index is 12.7. The quantitative estimate of drug-likeness (QED) is 0.695. The highest BCUT2D eigenvalue weighted by atomic mass is 16.5. The number of nitrogens with one attached hydrogen (secondary N) is 1. The smallest absolute Gasteiger partial charge is 0.338 e. The van der Waals surface area contributed by atoms with Gasteiger partial charge in [0.25, 0.3) is 0 Å². The van der Waals surface area contributed by atoms with Crippen molar-refractivity contribution in [1.82, 2.24) is 14.8 Å². The number of fused-ring (bicyclic) bond motifs is 1. The Hall–Kier alpha value is -2.83. The molecule has 0 saturated carbocycles. The van der Waals surface area contributed by atoms with E-state index in [1.165, 1.54) is 6.33 Å². The summed E-state index contributed by atoms with van der Waals surface area (Å²) in [5, 5.41) is 7.46.